The van der Waals surface area contributed by atoms with E-state index in [1.54, 1.807) is 0 Å². The molecule has 0 fully saturated rings. The smallest absolute Gasteiger partial charge is 0.0274 e. The number of hydrogen-bond acceptors (Lipinski definition) is 0. The van der Waals surface area contributed by atoms with Crippen LogP contribution in [0.3, 0.4) is 0 Å². The van der Waals surface area contributed by atoms with Crippen molar-refractivity contribution in [3.05, 3.63) is 93.2 Å². The van der Waals surface area contributed by atoms with Crippen molar-refractivity contribution in [1.29, 1.82) is 0 Å². The molecule has 0 nitrogen and oxygen atoms in total. The molecule has 0 saturated carbocycles. The second kappa shape index (κ2) is 35.5. The molecular weight excluding hydrogens is 964 g/mol. The van der Waals surface area contributed by atoms with Crippen LogP contribution in [0, 0.1) is 48.0 Å². The predicted molar refractivity (Wildman–Crippen MR) is 198 cm³/mol. The molecular formula is C40H66Cl2Hf2Si2-6. The molecule has 0 aromatic carbocycles. The maximum absolute atomic E-state index is 3.29. The summed E-state index contributed by atoms with van der Waals surface area (Å²) in [5.74, 6) is 2.26. The molecule has 0 spiro atoms. The summed E-state index contributed by atoms with van der Waals surface area (Å²) in [4.78, 5) is 0. The van der Waals surface area contributed by atoms with Gasteiger partial charge >= 0.3 is 0 Å². The van der Waals surface area contributed by atoms with Gasteiger partial charge in [0, 0.05) is 70.7 Å². The van der Waals surface area contributed by atoms with Gasteiger partial charge in [-0.3, -0.25) is 24.3 Å². The molecule has 0 heterocycles. The van der Waals surface area contributed by atoms with Crippen LogP contribution in [0.5, 0.6) is 0 Å². The summed E-state index contributed by atoms with van der Waals surface area (Å²) in [5, 5.41) is 0. The Kier molecular flexibility index (Phi) is 45.4. The second-order valence-corrected chi connectivity index (χ2v) is 16.4. The van der Waals surface area contributed by atoms with Gasteiger partial charge in [-0.15, -0.1) is 0 Å². The molecule has 0 saturated heterocycles. The molecule has 0 aliphatic heterocycles. The first-order valence-corrected chi connectivity index (χ1v) is 19.7. The van der Waals surface area contributed by atoms with Crippen LogP contribution >= 0.6 is 0 Å². The van der Waals surface area contributed by atoms with Crippen LogP contribution in [0.25, 0.3) is 0 Å². The van der Waals surface area contributed by atoms with Crippen LogP contribution in [0.15, 0.2) is 68.9 Å². The fraction of sp³-hybridized carbons (Fsp3) is 0.600. The van der Waals surface area contributed by atoms with Gasteiger partial charge in [0.15, 0.2) is 0 Å². The SMILES string of the molecule is CC1=[C-]C(C)C(C)=C1.CC1=[C-]C(C)C(C)=C1.CC1=[C-]C(C)C(C)=C1.CC1=[C-]C(C)C(C)=C1.CC[SiH]CC.CC[SiH]CC.[Cl-].[Cl-].[Hf].[Hf]. The second-order valence-electron chi connectivity index (χ2n) is 12.0. The first-order valence-electron chi connectivity index (χ1n) is 16.4. The summed E-state index contributed by atoms with van der Waals surface area (Å²) < 4.78 is 0. The first kappa shape index (κ1) is 58.9. The maximum atomic E-state index is 3.29. The van der Waals surface area contributed by atoms with Gasteiger partial charge in [0.1, 0.15) is 0 Å². The molecule has 0 aromatic heterocycles. The van der Waals surface area contributed by atoms with Crippen LogP contribution in [0.2, 0.25) is 24.2 Å². The standard InChI is InChI=1S/4C8H11.2C4H11Si.2ClH.2Hf/c4*1-6-4-7(2)8(3)5-6;2*1-3-5-4-2;;;;/h4*4,8H,1-3H3;2*5H,3-4H2,1-2H3;2*1H;;/q4*-1;;;;;;/p-2. The zero-order valence-electron chi connectivity index (χ0n) is 32.4. The van der Waals surface area contributed by atoms with Crippen molar-refractivity contribution in [3.63, 3.8) is 0 Å². The van der Waals surface area contributed by atoms with Gasteiger partial charge in [0.05, 0.1) is 0 Å². The number of halogens is 2. The van der Waals surface area contributed by atoms with Crippen LogP contribution in [0.4, 0.5) is 0 Å². The molecule has 0 amide bonds. The van der Waals surface area contributed by atoms with Gasteiger partial charge in [-0.05, 0) is 0 Å². The van der Waals surface area contributed by atoms with Crippen molar-refractivity contribution in [2.24, 2.45) is 23.7 Å². The predicted octanol–water partition coefficient (Wildman–Crippen LogP) is 5.93. The average molecular weight is 1030 g/mol. The minimum atomic E-state index is 0. The molecule has 262 valence electrons. The monoisotopic (exact) mass is 1030 g/mol. The summed E-state index contributed by atoms with van der Waals surface area (Å²) in [7, 11) is 1.63. The average Bonchev–Trinajstić information content (AvgIpc) is 3.57. The van der Waals surface area contributed by atoms with Crippen molar-refractivity contribution < 1.29 is 76.5 Å². The molecule has 46 heavy (non-hydrogen) atoms. The van der Waals surface area contributed by atoms with Gasteiger partial charge in [-0.2, -0.15) is 22.3 Å². The Balaban J connectivity index is -0.000000104. The van der Waals surface area contributed by atoms with E-state index in [4.69, 9.17) is 0 Å². The molecule has 0 aromatic rings. The minimum Gasteiger partial charge on any atom is -1.00 e. The minimum absolute atomic E-state index is 0. The quantitative estimate of drug-likeness (QED) is 0.243. The van der Waals surface area contributed by atoms with Crippen molar-refractivity contribution in [2.45, 2.75) is 135 Å². The van der Waals surface area contributed by atoms with E-state index in [0.717, 1.165) is 19.0 Å². The molecule has 4 atom stereocenters. The van der Waals surface area contributed by atoms with E-state index in [1.165, 1.54) is 68.8 Å². The third-order valence-corrected chi connectivity index (χ3v) is 9.75. The Bertz CT molecular complexity index is 868. The zero-order valence-corrected chi connectivity index (χ0v) is 43.4. The topological polar surface area (TPSA) is 0 Å². The zero-order chi connectivity index (χ0) is 32.8. The van der Waals surface area contributed by atoms with Crippen molar-refractivity contribution in [2.75, 3.05) is 0 Å². The van der Waals surface area contributed by atoms with Crippen LogP contribution < -0.4 is 24.8 Å². The van der Waals surface area contributed by atoms with Crippen molar-refractivity contribution in [3.8, 4) is 0 Å². The third kappa shape index (κ3) is 30.7. The van der Waals surface area contributed by atoms with Gasteiger partial charge in [0.2, 0.25) is 0 Å². The van der Waals surface area contributed by atoms with Gasteiger partial charge < -0.3 is 24.8 Å². The van der Waals surface area contributed by atoms with Crippen LogP contribution in [-0.4, -0.2) is 19.0 Å². The summed E-state index contributed by atoms with van der Waals surface area (Å²) >= 11 is 0. The molecule has 4 aliphatic rings. The maximum Gasteiger partial charge on any atom is 0.0274 e. The molecule has 4 aliphatic carbocycles. The normalized spacial score (nSPS) is 21.0. The van der Waals surface area contributed by atoms with E-state index in [1.807, 2.05) is 0 Å². The summed E-state index contributed by atoms with van der Waals surface area (Å²) in [6, 6.07) is 5.71. The third-order valence-electron chi connectivity index (χ3n) is 7.44. The number of allylic oxidation sites excluding steroid dienone is 16. The Morgan fingerprint density at radius 2 is 0.565 bits per heavy atom. The van der Waals surface area contributed by atoms with Crippen molar-refractivity contribution in [1.82, 2.24) is 0 Å². The number of hydrogen-bond donors (Lipinski definition) is 0. The van der Waals surface area contributed by atoms with Gasteiger partial charge in [-0.1, -0.05) is 159 Å². The Hall–Kier alpha value is 0.674. The molecule has 6 heteroatoms. The van der Waals surface area contributed by atoms with Crippen molar-refractivity contribution >= 4 is 19.0 Å². The molecule has 0 N–H and O–H groups in total. The fourth-order valence-corrected chi connectivity index (χ4v) is 5.59. The fourth-order valence-electron chi connectivity index (χ4n) is 4.43. The van der Waals surface area contributed by atoms with E-state index in [-0.39, 0.29) is 76.5 Å². The Labute approximate surface area is 344 Å². The Morgan fingerprint density at radius 1 is 0.413 bits per heavy atom. The van der Waals surface area contributed by atoms with E-state index < -0.39 is 0 Å². The van der Waals surface area contributed by atoms with Gasteiger partial charge in [-0.25, -0.2) is 46.6 Å². The van der Waals surface area contributed by atoms with E-state index in [2.05, 4.69) is 159 Å². The summed E-state index contributed by atoms with van der Waals surface area (Å²) in [6.45, 7) is 34.6. The number of rotatable bonds is 4. The molecule has 0 bridgehead atoms. The summed E-state index contributed by atoms with van der Waals surface area (Å²) in [5.41, 5.74) is 10.9. The largest absolute Gasteiger partial charge is 1.00 e. The van der Waals surface area contributed by atoms with Gasteiger partial charge in [0.25, 0.3) is 0 Å². The van der Waals surface area contributed by atoms with E-state index in [9.17, 15) is 0 Å². The summed E-state index contributed by atoms with van der Waals surface area (Å²) in [6.07, 6.45) is 21.9. The molecule has 4 unspecified atom stereocenters. The first-order chi connectivity index (χ1) is 19.6. The van der Waals surface area contributed by atoms with E-state index in [0.29, 0.717) is 23.7 Å². The molecule has 2 radical (unpaired) electrons. The Morgan fingerprint density at radius 3 is 0.587 bits per heavy atom. The molecule has 4 rings (SSSR count). The van der Waals surface area contributed by atoms with Crippen LogP contribution in [-0.2, 0) is 51.7 Å². The van der Waals surface area contributed by atoms with Crippen LogP contribution in [0.1, 0.15) is 111 Å². The van der Waals surface area contributed by atoms with E-state index >= 15 is 0 Å².